The van der Waals surface area contributed by atoms with Gasteiger partial charge >= 0.3 is 0 Å². The lowest BCUT2D eigenvalue weighted by Crippen LogP contribution is -1.90. The van der Waals surface area contributed by atoms with Crippen molar-refractivity contribution in [2.24, 2.45) is 0 Å². The van der Waals surface area contributed by atoms with Crippen molar-refractivity contribution >= 4 is 28.8 Å². The number of hydrogen-bond donors (Lipinski definition) is 1. The van der Waals surface area contributed by atoms with Gasteiger partial charge in [-0.2, -0.15) is 0 Å². The third kappa shape index (κ3) is 6.50. The third-order valence-corrected chi connectivity index (χ3v) is 4.19. The molecular weight excluding hydrogens is 319 g/mol. The van der Waals surface area contributed by atoms with E-state index < -0.39 is 0 Å². The molecule has 22 heavy (non-hydrogen) atoms. The molecule has 1 aromatic rings. The highest BCUT2D eigenvalue weighted by atomic mass is 35.5. The maximum atomic E-state index is 10.1. The molecule has 0 unspecified atom stereocenters. The maximum Gasteiger partial charge on any atom is 0.141 e. The van der Waals surface area contributed by atoms with Crippen LogP contribution in [0.1, 0.15) is 63.9 Å². The van der Waals surface area contributed by atoms with E-state index in [2.05, 4.69) is 6.92 Å². The zero-order chi connectivity index (χ0) is 16.4. The Labute approximate surface area is 144 Å². The molecule has 124 valence electrons. The van der Waals surface area contributed by atoms with Crippen LogP contribution >= 0.6 is 23.2 Å². The lowest BCUT2D eigenvalue weighted by atomic mass is 9.99. The van der Waals surface area contributed by atoms with Crippen LogP contribution in [0.4, 0.5) is 0 Å². The number of benzene rings is 1. The molecule has 0 atom stereocenters. The Bertz CT molecular complexity index is 484. The Balaban J connectivity index is 2.58. The second-order valence-electron chi connectivity index (χ2n) is 5.53. The number of allylic oxidation sites excluding steroid dienone is 1. The van der Waals surface area contributed by atoms with Crippen LogP contribution in [0, 0.1) is 0 Å². The van der Waals surface area contributed by atoms with E-state index in [0.717, 1.165) is 18.4 Å². The molecular formula is C18H26Cl2O2. The van der Waals surface area contributed by atoms with Crippen LogP contribution in [0.3, 0.4) is 0 Å². The SMILES string of the molecule is CCCCCCCCC/C(=C\OC)c1cc(Cl)cc(Cl)c1O. The molecule has 0 amide bonds. The van der Waals surface area contributed by atoms with Crippen molar-refractivity contribution in [3.8, 4) is 5.75 Å². The van der Waals surface area contributed by atoms with Gasteiger partial charge < -0.3 is 9.84 Å². The quantitative estimate of drug-likeness (QED) is 0.372. The number of hydrogen-bond acceptors (Lipinski definition) is 2. The fraction of sp³-hybridized carbons (Fsp3) is 0.556. The summed E-state index contributed by atoms with van der Waals surface area (Å²) in [6, 6.07) is 3.27. The summed E-state index contributed by atoms with van der Waals surface area (Å²) in [6.07, 6.45) is 11.2. The van der Waals surface area contributed by atoms with E-state index in [1.54, 1.807) is 25.5 Å². The smallest absolute Gasteiger partial charge is 0.141 e. The first kappa shape index (κ1) is 19.2. The monoisotopic (exact) mass is 344 g/mol. The standard InChI is InChI=1S/C18H26Cl2O2/c1-3-4-5-6-7-8-9-10-14(13-22-2)16-11-15(19)12-17(20)18(16)21/h11-13,21H,3-10H2,1-2H3/b14-13+. The molecule has 0 fully saturated rings. The summed E-state index contributed by atoms with van der Waals surface area (Å²) >= 11 is 12.0. The molecule has 0 heterocycles. The molecule has 1 aromatic carbocycles. The topological polar surface area (TPSA) is 29.5 Å². The lowest BCUT2D eigenvalue weighted by Gasteiger charge is -2.11. The lowest BCUT2D eigenvalue weighted by molar-refractivity contribution is 0.338. The summed E-state index contributed by atoms with van der Waals surface area (Å²) in [5.74, 6) is 0.0670. The number of aromatic hydroxyl groups is 1. The van der Waals surface area contributed by atoms with Crippen LogP contribution < -0.4 is 0 Å². The normalized spacial score (nSPS) is 11.7. The number of halogens is 2. The molecule has 0 spiro atoms. The van der Waals surface area contributed by atoms with Crippen molar-refractivity contribution in [3.05, 3.63) is 34.0 Å². The van der Waals surface area contributed by atoms with E-state index in [9.17, 15) is 5.11 Å². The van der Waals surface area contributed by atoms with Crippen LogP contribution in [0.25, 0.3) is 5.57 Å². The van der Waals surface area contributed by atoms with Gasteiger partial charge in [-0.1, -0.05) is 68.7 Å². The summed E-state index contributed by atoms with van der Waals surface area (Å²) in [4.78, 5) is 0. The van der Waals surface area contributed by atoms with Crippen LogP contribution in [0.15, 0.2) is 18.4 Å². The first-order valence-electron chi connectivity index (χ1n) is 8.00. The highest BCUT2D eigenvalue weighted by molar-refractivity contribution is 6.35. The van der Waals surface area contributed by atoms with Crippen molar-refractivity contribution in [2.75, 3.05) is 7.11 Å². The minimum Gasteiger partial charge on any atom is -0.506 e. The third-order valence-electron chi connectivity index (χ3n) is 3.68. The number of ether oxygens (including phenoxy) is 1. The molecule has 1 N–H and O–H groups in total. The Kier molecular flexibility index (Phi) is 9.42. The average Bonchev–Trinajstić information content (AvgIpc) is 2.49. The Morgan fingerprint density at radius 1 is 1.09 bits per heavy atom. The Morgan fingerprint density at radius 2 is 1.73 bits per heavy atom. The van der Waals surface area contributed by atoms with Gasteiger partial charge in [0, 0.05) is 10.6 Å². The fourth-order valence-electron chi connectivity index (χ4n) is 2.48. The highest BCUT2D eigenvalue weighted by Gasteiger charge is 2.12. The van der Waals surface area contributed by atoms with Gasteiger partial charge in [0.15, 0.2) is 0 Å². The van der Waals surface area contributed by atoms with Crippen molar-refractivity contribution in [3.63, 3.8) is 0 Å². The Hall–Kier alpha value is -0.860. The van der Waals surface area contributed by atoms with E-state index in [0.29, 0.717) is 10.6 Å². The number of rotatable bonds is 10. The van der Waals surface area contributed by atoms with Crippen molar-refractivity contribution in [2.45, 2.75) is 58.3 Å². The van der Waals surface area contributed by atoms with E-state index in [1.165, 1.54) is 38.5 Å². The predicted molar refractivity (Wildman–Crippen MR) is 95.7 cm³/mol. The number of unbranched alkanes of at least 4 members (excludes halogenated alkanes) is 6. The molecule has 4 heteroatoms. The largest absolute Gasteiger partial charge is 0.506 e. The van der Waals surface area contributed by atoms with E-state index >= 15 is 0 Å². The van der Waals surface area contributed by atoms with Crippen molar-refractivity contribution in [1.82, 2.24) is 0 Å². The van der Waals surface area contributed by atoms with Gasteiger partial charge in [-0.3, -0.25) is 0 Å². The summed E-state index contributed by atoms with van der Waals surface area (Å²) in [7, 11) is 1.61. The van der Waals surface area contributed by atoms with Crippen molar-refractivity contribution in [1.29, 1.82) is 0 Å². The molecule has 1 rings (SSSR count). The van der Waals surface area contributed by atoms with E-state index in [-0.39, 0.29) is 10.8 Å². The molecule has 0 aliphatic rings. The molecule has 0 saturated carbocycles. The van der Waals surface area contributed by atoms with Gasteiger partial charge in [-0.25, -0.2) is 0 Å². The van der Waals surface area contributed by atoms with Gasteiger partial charge in [0.05, 0.1) is 18.4 Å². The van der Waals surface area contributed by atoms with Gasteiger partial charge in [0.1, 0.15) is 5.75 Å². The molecule has 0 aliphatic carbocycles. The molecule has 0 saturated heterocycles. The second-order valence-corrected chi connectivity index (χ2v) is 6.38. The van der Waals surface area contributed by atoms with Gasteiger partial charge in [0.2, 0.25) is 0 Å². The zero-order valence-corrected chi connectivity index (χ0v) is 15.0. The number of methoxy groups -OCH3 is 1. The first-order valence-corrected chi connectivity index (χ1v) is 8.76. The van der Waals surface area contributed by atoms with Gasteiger partial charge in [-0.05, 0) is 30.5 Å². The zero-order valence-electron chi connectivity index (χ0n) is 13.5. The average molecular weight is 345 g/mol. The van der Waals surface area contributed by atoms with Crippen LogP contribution in [-0.4, -0.2) is 12.2 Å². The maximum absolute atomic E-state index is 10.1. The summed E-state index contributed by atoms with van der Waals surface area (Å²) in [5, 5.41) is 10.9. The predicted octanol–water partition coefficient (Wildman–Crippen LogP) is 6.83. The molecule has 0 bridgehead atoms. The molecule has 0 aliphatic heterocycles. The number of phenolic OH excluding ortho intramolecular Hbond substituents is 1. The minimum atomic E-state index is 0.0670. The molecule has 2 nitrogen and oxygen atoms in total. The van der Waals surface area contributed by atoms with Crippen LogP contribution in [-0.2, 0) is 4.74 Å². The summed E-state index contributed by atoms with van der Waals surface area (Å²) in [6.45, 7) is 2.23. The van der Waals surface area contributed by atoms with Crippen LogP contribution in [0.5, 0.6) is 5.75 Å². The first-order chi connectivity index (χ1) is 10.6. The highest BCUT2D eigenvalue weighted by Crippen LogP contribution is 2.37. The van der Waals surface area contributed by atoms with Crippen LogP contribution in [0.2, 0.25) is 10.0 Å². The number of phenols is 1. The van der Waals surface area contributed by atoms with E-state index in [1.807, 2.05) is 0 Å². The molecule has 0 radical (unpaired) electrons. The van der Waals surface area contributed by atoms with Gasteiger partial charge in [-0.15, -0.1) is 0 Å². The second kappa shape index (κ2) is 10.8. The fourth-order valence-corrected chi connectivity index (χ4v) is 2.98. The summed E-state index contributed by atoms with van der Waals surface area (Å²) < 4.78 is 5.14. The van der Waals surface area contributed by atoms with Gasteiger partial charge in [0.25, 0.3) is 0 Å². The summed E-state index contributed by atoms with van der Waals surface area (Å²) in [5.41, 5.74) is 1.59. The molecule has 0 aromatic heterocycles. The van der Waals surface area contributed by atoms with E-state index in [4.69, 9.17) is 27.9 Å². The minimum absolute atomic E-state index is 0.0670. The Morgan fingerprint density at radius 3 is 2.36 bits per heavy atom. The van der Waals surface area contributed by atoms with Crippen molar-refractivity contribution < 1.29 is 9.84 Å².